The van der Waals surface area contributed by atoms with E-state index in [4.69, 9.17) is 11.6 Å². The number of pyridine rings is 1. The summed E-state index contributed by atoms with van der Waals surface area (Å²) in [6, 6.07) is 20.9. The molecule has 2 aliphatic heterocycles. The fraction of sp³-hybridized carbons (Fsp3) is 0.231. The summed E-state index contributed by atoms with van der Waals surface area (Å²) in [5.74, 6) is 0.446. The number of benzene rings is 2. The van der Waals surface area contributed by atoms with Gasteiger partial charge in [0.05, 0.1) is 0 Å². The zero-order valence-electron chi connectivity index (χ0n) is 17.6. The molecule has 1 saturated heterocycles. The summed E-state index contributed by atoms with van der Waals surface area (Å²) in [4.78, 5) is 27.9. The third kappa shape index (κ3) is 4.21. The van der Waals surface area contributed by atoms with Crippen LogP contribution < -0.4 is 10.9 Å². The number of urea groups is 1. The highest BCUT2D eigenvalue weighted by Gasteiger charge is 2.36. The van der Waals surface area contributed by atoms with Crippen molar-refractivity contribution in [1.82, 2.24) is 9.47 Å². The molecule has 0 radical (unpaired) electrons. The van der Waals surface area contributed by atoms with Crippen LogP contribution in [0.25, 0.3) is 12.2 Å². The predicted octanol–water partition coefficient (Wildman–Crippen LogP) is 5.32. The number of amides is 2. The Morgan fingerprint density at radius 1 is 0.938 bits per heavy atom. The fourth-order valence-corrected chi connectivity index (χ4v) is 4.87. The molecule has 1 aromatic heterocycles. The largest absolute Gasteiger partial charge is 0.324 e. The molecule has 2 bridgehead atoms. The standard InChI is InChI=1S/C26H24ClN3O2/c27-22-11-7-18(8-12-22)6-9-20-10-13-24-21-14-19(16-30(24)25(20)31)15-29(17-21)26(32)28-23-4-2-1-3-5-23/h1-13,19,21H,14-17H2,(H,28,32)/t19-,21-/m1/s1. The molecule has 0 aliphatic carbocycles. The third-order valence-corrected chi connectivity index (χ3v) is 6.52. The van der Waals surface area contributed by atoms with E-state index in [1.807, 2.05) is 88.3 Å². The van der Waals surface area contributed by atoms with Crippen molar-refractivity contribution in [2.45, 2.75) is 18.9 Å². The molecule has 32 heavy (non-hydrogen) atoms. The highest BCUT2D eigenvalue weighted by molar-refractivity contribution is 6.30. The minimum absolute atomic E-state index is 0.0320. The summed E-state index contributed by atoms with van der Waals surface area (Å²) < 4.78 is 1.91. The number of nitrogens with zero attached hydrogens (tertiary/aromatic N) is 2. The van der Waals surface area contributed by atoms with Gasteiger partial charge < -0.3 is 14.8 Å². The Morgan fingerprint density at radius 3 is 2.50 bits per heavy atom. The number of piperidine rings is 1. The maximum absolute atomic E-state index is 13.2. The normalized spacial score (nSPS) is 19.6. The summed E-state index contributed by atoms with van der Waals surface area (Å²) in [6.45, 7) is 1.92. The van der Waals surface area contributed by atoms with Crippen LogP contribution in [0.1, 0.15) is 29.2 Å². The van der Waals surface area contributed by atoms with Gasteiger partial charge in [0.15, 0.2) is 0 Å². The SMILES string of the molecule is O=C(Nc1ccccc1)N1C[C@H]2C[C@H](C1)c1ccc(C=Cc3ccc(Cl)cc3)c(=O)n1C2. The molecule has 3 aromatic rings. The highest BCUT2D eigenvalue weighted by atomic mass is 35.5. The van der Waals surface area contributed by atoms with E-state index >= 15 is 0 Å². The number of rotatable bonds is 3. The van der Waals surface area contributed by atoms with Crippen LogP contribution in [0, 0.1) is 5.92 Å². The van der Waals surface area contributed by atoms with E-state index < -0.39 is 0 Å². The second-order valence-corrected chi connectivity index (χ2v) is 8.95. The predicted molar refractivity (Wildman–Crippen MR) is 129 cm³/mol. The maximum atomic E-state index is 13.2. The molecule has 2 aromatic carbocycles. The minimum atomic E-state index is -0.0794. The summed E-state index contributed by atoms with van der Waals surface area (Å²) in [5.41, 5.74) is 3.51. The van der Waals surface area contributed by atoms with Crippen LogP contribution in [-0.2, 0) is 6.54 Å². The van der Waals surface area contributed by atoms with Crippen LogP contribution in [0.15, 0.2) is 71.5 Å². The van der Waals surface area contributed by atoms with Crippen LogP contribution in [0.5, 0.6) is 0 Å². The number of hydrogen-bond donors (Lipinski definition) is 1. The van der Waals surface area contributed by atoms with Gasteiger partial charge in [0.25, 0.3) is 5.56 Å². The molecule has 3 heterocycles. The van der Waals surface area contributed by atoms with Crippen molar-refractivity contribution in [2.75, 3.05) is 18.4 Å². The van der Waals surface area contributed by atoms with Gasteiger partial charge in [-0.2, -0.15) is 0 Å². The molecule has 5 nitrogen and oxygen atoms in total. The van der Waals surface area contributed by atoms with E-state index in [1.165, 1.54) is 0 Å². The number of likely N-dealkylation sites (tertiary alicyclic amines) is 1. The van der Waals surface area contributed by atoms with Crippen LogP contribution >= 0.6 is 11.6 Å². The molecule has 0 spiro atoms. The summed E-state index contributed by atoms with van der Waals surface area (Å²) in [5, 5.41) is 3.67. The van der Waals surface area contributed by atoms with Gasteiger partial charge in [-0.15, -0.1) is 0 Å². The lowest BCUT2D eigenvalue weighted by molar-refractivity contribution is 0.139. The quantitative estimate of drug-likeness (QED) is 0.593. The average Bonchev–Trinajstić information content (AvgIpc) is 2.80. The second kappa shape index (κ2) is 8.67. The van der Waals surface area contributed by atoms with Gasteiger partial charge in [0.1, 0.15) is 0 Å². The molecule has 162 valence electrons. The Morgan fingerprint density at radius 2 is 1.72 bits per heavy atom. The first-order valence-corrected chi connectivity index (χ1v) is 11.2. The van der Waals surface area contributed by atoms with Crippen LogP contribution in [0.3, 0.4) is 0 Å². The molecule has 2 amide bonds. The van der Waals surface area contributed by atoms with Crippen molar-refractivity contribution in [2.24, 2.45) is 5.92 Å². The van der Waals surface area contributed by atoms with Gasteiger partial charge in [0.2, 0.25) is 0 Å². The van der Waals surface area contributed by atoms with Gasteiger partial charge in [0, 0.05) is 47.5 Å². The number of carbonyl (C=O) groups excluding carboxylic acids is 1. The Labute approximate surface area is 191 Å². The van der Waals surface area contributed by atoms with Crippen molar-refractivity contribution in [3.63, 3.8) is 0 Å². The second-order valence-electron chi connectivity index (χ2n) is 8.51. The minimum Gasteiger partial charge on any atom is -0.324 e. The highest BCUT2D eigenvalue weighted by Crippen LogP contribution is 2.35. The molecule has 1 fully saturated rings. The number of nitrogens with one attached hydrogen (secondary N) is 1. The molecule has 6 heteroatoms. The number of anilines is 1. The first-order chi connectivity index (χ1) is 15.6. The van der Waals surface area contributed by atoms with Crippen molar-refractivity contribution in [3.05, 3.63) is 98.9 Å². The lowest BCUT2D eigenvalue weighted by Crippen LogP contribution is -2.50. The molecule has 2 aliphatic rings. The number of para-hydroxylation sites is 1. The number of halogens is 1. The smallest absolute Gasteiger partial charge is 0.321 e. The lowest BCUT2D eigenvalue weighted by atomic mass is 9.83. The Hall–Kier alpha value is -3.31. The van der Waals surface area contributed by atoms with Crippen molar-refractivity contribution in [1.29, 1.82) is 0 Å². The number of aromatic nitrogens is 1. The first-order valence-electron chi connectivity index (χ1n) is 10.9. The summed E-state index contributed by atoms with van der Waals surface area (Å²) >= 11 is 5.94. The monoisotopic (exact) mass is 445 g/mol. The van der Waals surface area contributed by atoms with Gasteiger partial charge in [-0.3, -0.25) is 4.79 Å². The molecule has 2 atom stereocenters. The first kappa shape index (κ1) is 20.6. The molecule has 5 rings (SSSR count). The molecule has 0 saturated carbocycles. The van der Waals surface area contributed by atoms with Gasteiger partial charge >= 0.3 is 6.03 Å². The van der Waals surface area contributed by atoms with Crippen LogP contribution in [-0.4, -0.2) is 28.6 Å². The van der Waals surface area contributed by atoms with Gasteiger partial charge in [-0.25, -0.2) is 4.79 Å². The Bertz CT molecular complexity index is 1220. The molecular weight excluding hydrogens is 422 g/mol. The van der Waals surface area contributed by atoms with E-state index in [9.17, 15) is 9.59 Å². The van der Waals surface area contributed by atoms with Crippen LogP contribution in [0.2, 0.25) is 5.02 Å². The third-order valence-electron chi connectivity index (χ3n) is 6.27. The van der Waals surface area contributed by atoms with Crippen molar-refractivity contribution in [3.8, 4) is 0 Å². The average molecular weight is 446 g/mol. The maximum Gasteiger partial charge on any atom is 0.321 e. The van der Waals surface area contributed by atoms with E-state index in [2.05, 4.69) is 5.32 Å². The van der Waals surface area contributed by atoms with Gasteiger partial charge in [-0.05, 0) is 60.4 Å². The van der Waals surface area contributed by atoms with E-state index in [0.29, 0.717) is 30.2 Å². The lowest BCUT2D eigenvalue weighted by Gasteiger charge is -2.42. The van der Waals surface area contributed by atoms with Crippen molar-refractivity contribution >= 4 is 35.5 Å². The number of carbonyl (C=O) groups is 1. The van der Waals surface area contributed by atoms with Crippen molar-refractivity contribution < 1.29 is 4.79 Å². The zero-order valence-corrected chi connectivity index (χ0v) is 18.3. The van der Waals surface area contributed by atoms with E-state index in [-0.39, 0.29) is 23.4 Å². The Kier molecular flexibility index (Phi) is 5.58. The Balaban J connectivity index is 1.34. The molecule has 1 N–H and O–H groups in total. The molecular formula is C26H24ClN3O2. The summed E-state index contributed by atoms with van der Waals surface area (Å²) in [6.07, 6.45) is 4.80. The topological polar surface area (TPSA) is 54.3 Å². The number of hydrogen-bond acceptors (Lipinski definition) is 2. The summed E-state index contributed by atoms with van der Waals surface area (Å²) in [7, 11) is 0. The van der Waals surface area contributed by atoms with E-state index in [0.717, 1.165) is 23.4 Å². The number of fused-ring (bicyclic) bond motifs is 4. The van der Waals surface area contributed by atoms with E-state index in [1.54, 1.807) is 0 Å². The van der Waals surface area contributed by atoms with Crippen LogP contribution in [0.4, 0.5) is 10.5 Å². The molecule has 0 unspecified atom stereocenters. The zero-order chi connectivity index (χ0) is 22.1. The fourth-order valence-electron chi connectivity index (χ4n) is 4.74. The van der Waals surface area contributed by atoms with Gasteiger partial charge in [-0.1, -0.05) is 48.0 Å².